The SMILES string of the molecule is CC(CCCN1C(=O)c2ccccc2C1=O)c1ccn(Cc2ccccc2)c1. The first-order valence-electron chi connectivity index (χ1n) is 9.78. The van der Waals surface area contributed by atoms with Crippen LogP contribution in [0.5, 0.6) is 0 Å². The van der Waals surface area contributed by atoms with Gasteiger partial charge in [-0.15, -0.1) is 0 Å². The highest BCUT2D eigenvalue weighted by Gasteiger charge is 2.34. The van der Waals surface area contributed by atoms with Crippen molar-refractivity contribution in [2.24, 2.45) is 0 Å². The number of aromatic nitrogens is 1. The number of rotatable bonds is 7. The van der Waals surface area contributed by atoms with E-state index >= 15 is 0 Å². The zero-order valence-corrected chi connectivity index (χ0v) is 16.0. The fourth-order valence-corrected chi connectivity index (χ4v) is 3.81. The maximum Gasteiger partial charge on any atom is 0.261 e. The molecule has 0 spiro atoms. The molecule has 1 unspecified atom stereocenters. The zero-order chi connectivity index (χ0) is 19.5. The Hall–Kier alpha value is -3.14. The molecule has 1 aromatic heterocycles. The van der Waals surface area contributed by atoms with E-state index in [1.54, 1.807) is 24.3 Å². The monoisotopic (exact) mass is 372 g/mol. The minimum absolute atomic E-state index is 0.165. The first kappa shape index (κ1) is 18.2. The molecule has 2 amide bonds. The Balaban J connectivity index is 1.31. The summed E-state index contributed by atoms with van der Waals surface area (Å²) in [6, 6.07) is 19.6. The lowest BCUT2D eigenvalue weighted by molar-refractivity contribution is 0.0651. The highest BCUT2D eigenvalue weighted by molar-refractivity contribution is 6.21. The second-order valence-electron chi connectivity index (χ2n) is 7.45. The first-order valence-corrected chi connectivity index (χ1v) is 9.78. The van der Waals surface area contributed by atoms with E-state index in [1.807, 2.05) is 6.07 Å². The van der Waals surface area contributed by atoms with Crippen molar-refractivity contribution in [1.82, 2.24) is 9.47 Å². The number of hydrogen-bond donors (Lipinski definition) is 0. The van der Waals surface area contributed by atoms with Crippen molar-refractivity contribution in [2.45, 2.75) is 32.2 Å². The molecular formula is C24H24N2O2. The quantitative estimate of drug-likeness (QED) is 0.563. The number of hydrogen-bond acceptors (Lipinski definition) is 2. The number of benzene rings is 2. The lowest BCUT2D eigenvalue weighted by Gasteiger charge is -2.15. The van der Waals surface area contributed by atoms with Crippen molar-refractivity contribution >= 4 is 11.8 Å². The molecule has 4 heteroatoms. The van der Waals surface area contributed by atoms with Gasteiger partial charge in [-0.3, -0.25) is 14.5 Å². The lowest BCUT2D eigenvalue weighted by Crippen LogP contribution is -2.30. The number of fused-ring (bicyclic) bond motifs is 1. The highest BCUT2D eigenvalue weighted by atomic mass is 16.2. The van der Waals surface area contributed by atoms with Gasteiger partial charge < -0.3 is 4.57 Å². The van der Waals surface area contributed by atoms with Crippen LogP contribution >= 0.6 is 0 Å². The Bertz CT molecular complexity index is 956. The molecule has 1 aliphatic rings. The normalized spacial score (nSPS) is 14.4. The largest absolute Gasteiger partial charge is 0.350 e. The molecule has 4 rings (SSSR count). The van der Waals surface area contributed by atoms with Crippen molar-refractivity contribution in [1.29, 1.82) is 0 Å². The minimum Gasteiger partial charge on any atom is -0.350 e. The van der Waals surface area contributed by atoms with Crippen molar-refractivity contribution in [3.63, 3.8) is 0 Å². The molecule has 0 aliphatic carbocycles. The third-order valence-electron chi connectivity index (χ3n) is 5.45. The van der Waals surface area contributed by atoms with Crippen molar-refractivity contribution in [2.75, 3.05) is 6.54 Å². The van der Waals surface area contributed by atoms with E-state index in [1.165, 1.54) is 16.0 Å². The summed E-state index contributed by atoms with van der Waals surface area (Å²) in [4.78, 5) is 26.2. The van der Waals surface area contributed by atoms with E-state index in [-0.39, 0.29) is 11.8 Å². The smallest absolute Gasteiger partial charge is 0.261 e. The molecule has 2 aromatic carbocycles. The molecular weight excluding hydrogens is 348 g/mol. The first-order chi connectivity index (χ1) is 13.6. The maximum atomic E-state index is 12.4. The number of carbonyl (C=O) groups excluding carboxylic acids is 2. The molecule has 142 valence electrons. The Morgan fingerprint density at radius 3 is 2.18 bits per heavy atom. The molecule has 0 bridgehead atoms. The van der Waals surface area contributed by atoms with Gasteiger partial charge in [0.2, 0.25) is 0 Å². The van der Waals surface area contributed by atoms with Gasteiger partial charge in [-0.05, 0) is 48.1 Å². The van der Waals surface area contributed by atoms with Crippen LogP contribution in [0.1, 0.15) is 57.5 Å². The molecule has 1 atom stereocenters. The molecule has 0 radical (unpaired) electrons. The number of imide groups is 1. The van der Waals surface area contributed by atoms with Crippen LogP contribution in [0.3, 0.4) is 0 Å². The molecule has 2 heterocycles. The van der Waals surface area contributed by atoms with Gasteiger partial charge >= 0.3 is 0 Å². The summed E-state index contributed by atoms with van der Waals surface area (Å²) in [5.41, 5.74) is 3.62. The van der Waals surface area contributed by atoms with Crippen LogP contribution in [0.2, 0.25) is 0 Å². The summed E-state index contributed by atoms with van der Waals surface area (Å²) in [6.45, 7) is 3.54. The Kier molecular flexibility index (Phi) is 5.11. The summed E-state index contributed by atoms with van der Waals surface area (Å²) in [5.74, 6) is 0.0525. The predicted molar refractivity (Wildman–Crippen MR) is 109 cm³/mol. The van der Waals surface area contributed by atoms with Gasteiger partial charge in [0, 0.05) is 25.5 Å². The average Bonchev–Trinajstić information content (AvgIpc) is 3.28. The van der Waals surface area contributed by atoms with Crippen LogP contribution in [0.4, 0.5) is 0 Å². The molecule has 3 aromatic rings. The highest BCUT2D eigenvalue weighted by Crippen LogP contribution is 2.25. The fraction of sp³-hybridized carbons (Fsp3) is 0.250. The second-order valence-corrected chi connectivity index (χ2v) is 7.45. The van der Waals surface area contributed by atoms with E-state index in [4.69, 9.17) is 0 Å². The van der Waals surface area contributed by atoms with E-state index in [0.29, 0.717) is 23.6 Å². The summed E-state index contributed by atoms with van der Waals surface area (Å²) in [6.07, 6.45) is 6.04. The third kappa shape index (κ3) is 3.63. The molecule has 0 N–H and O–H groups in total. The van der Waals surface area contributed by atoms with Crippen LogP contribution in [0, 0.1) is 0 Å². The van der Waals surface area contributed by atoms with Gasteiger partial charge in [-0.25, -0.2) is 0 Å². The fourth-order valence-electron chi connectivity index (χ4n) is 3.81. The number of nitrogens with zero attached hydrogens (tertiary/aromatic N) is 2. The van der Waals surface area contributed by atoms with Gasteiger partial charge in [0.1, 0.15) is 0 Å². The zero-order valence-electron chi connectivity index (χ0n) is 16.0. The molecule has 0 saturated carbocycles. The third-order valence-corrected chi connectivity index (χ3v) is 5.45. The molecule has 4 nitrogen and oxygen atoms in total. The molecule has 1 aliphatic heterocycles. The summed E-state index contributed by atoms with van der Waals surface area (Å²) in [7, 11) is 0. The topological polar surface area (TPSA) is 42.3 Å². The number of amides is 2. The minimum atomic E-state index is -0.165. The Morgan fingerprint density at radius 2 is 1.50 bits per heavy atom. The van der Waals surface area contributed by atoms with Gasteiger partial charge in [0.25, 0.3) is 11.8 Å². The Labute approximate surface area is 165 Å². The van der Waals surface area contributed by atoms with Gasteiger partial charge in [-0.2, -0.15) is 0 Å². The van der Waals surface area contributed by atoms with E-state index in [9.17, 15) is 9.59 Å². The van der Waals surface area contributed by atoms with E-state index in [0.717, 1.165) is 19.4 Å². The van der Waals surface area contributed by atoms with Crippen molar-refractivity contribution in [3.8, 4) is 0 Å². The summed E-state index contributed by atoms with van der Waals surface area (Å²) in [5, 5.41) is 0. The maximum absolute atomic E-state index is 12.4. The molecule has 28 heavy (non-hydrogen) atoms. The van der Waals surface area contributed by atoms with Gasteiger partial charge in [-0.1, -0.05) is 49.4 Å². The van der Waals surface area contributed by atoms with Crippen LogP contribution in [0.15, 0.2) is 73.1 Å². The average molecular weight is 372 g/mol. The van der Waals surface area contributed by atoms with Crippen LogP contribution in [0.25, 0.3) is 0 Å². The van der Waals surface area contributed by atoms with Crippen molar-refractivity contribution in [3.05, 3.63) is 95.3 Å². The van der Waals surface area contributed by atoms with E-state index in [2.05, 4.69) is 54.2 Å². The van der Waals surface area contributed by atoms with Crippen LogP contribution in [-0.2, 0) is 6.54 Å². The predicted octanol–water partition coefficient (Wildman–Crippen LogP) is 4.72. The summed E-state index contributed by atoms with van der Waals surface area (Å²) < 4.78 is 2.20. The molecule has 0 fully saturated rings. The lowest BCUT2D eigenvalue weighted by atomic mass is 9.99. The van der Waals surface area contributed by atoms with Crippen molar-refractivity contribution < 1.29 is 9.59 Å². The summed E-state index contributed by atoms with van der Waals surface area (Å²) >= 11 is 0. The standard InChI is InChI=1S/C24H24N2O2/c1-18(20-13-15-25(17-20)16-19-9-3-2-4-10-19)8-7-14-26-23(27)21-11-5-6-12-22(21)24(26)28/h2-6,9-13,15,17-18H,7-8,14,16H2,1H3. The number of carbonyl (C=O) groups is 2. The Morgan fingerprint density at radius 1 is 0.857 bits per heavy atom. The van der Waals surface area contributed by atoms with Crippen LogP contribution in [-0.4, -0.2) is 27.8 Å². The van der Waals surface area contributed by atoms with Gasteiger partial charge in [0.05, 0.1) is 11.1 Å². The van der Waals surface area contributed by atoms with E-state index < -0.39 is 0 Å². The van der Waals surface area contributed by atoms with Crippen LogP contribution < -0.4 is 0 Å². The molecule has 0 saturated heterocycles. The van der Waals surface area contributed by atoms with Gasteiger partial charge in [0.15, 0.2) is 0 Å². The second kappa shape index (κ2) is 7.85.